The number of carbonyl (C=O) groups is 2. The molecule has 0 atom stereocenters. The molecule has 0 saturated carbocycles. The van der Waals surface area contributed by atoms with Crippen molar-refractivity contribution in [3.05, 3.63) is 28.8 Å². The molecule has 7 heteroatoms. The minimum absolute atomic E-state index is 0.0772. The highest BCUT2D eigenvalue weighted by atomic mass is 35.5. The van der Waals surface area contributed by atoms with Gasteiger partial charge in [-0.25, -0.2) is 0 Å². The Morgan fingerprint density at radius 1 is 1.16 bits per heavy atom. The van der Waals surface area contributed by atoms with Crippen LogP contribution in [0.15, 0.2) is 18.2 Å². The van der Waals surface area contributed by atoms with E-state index in [1.54, 1.807) is 42.0 Å². The minimum Gasteiger partial charge on any atom is -0.497 e. The number of rotatable bonds is 5. The molecule has 1 aliphatic heterocycles. The molecule has 0 spiro atoms. The van der Waals surface area contributed by atoms with Gasteiger partial charge in [0, 0.05) is 36.8 Å². The lowest BCUT2D eigenvalue weighted by Crippen LogP contribution is -2.38. The van der Waals surface area contributed by atoms with Crippen LogP contribution in [0.5, 0.6) is 5.75 Å². The SMILES string of the molecule is COc1cc(Cl)cc(C(=O)N2CCCN(C(=O)CSC(C)C)CC2)c1. The quantitative estimate of drug-likeness (QED) is 0.782. The molecule has 1 aromatic rings. The third-order valence-corrected chi connectivity index (χ3v) is 5.33. The summed E-state index contributed by atoms with van der Waals surface area (Å²) in [5.41, 5.74) is 0.513. The van der Waals surface area contributed by atoms with Crippen molar-refractivity contribution >= 4 is 35.2 Å². The summed E-state index contributed by atoms with van der Waals surface area (Å²) in [7, 11) is 1.55. The minimum atomic E-state index is -0.0772. The summed E-state index contributed by atoms with van der Waals surface area (Å²) < 4.78 is 5.18. The predicted molar refractivity (Wildman–Crippen MR) is 103 cm³/mol. The van der Waals surface area contributed by atoms with Crippen molar-refractivity contribution in [2.24, 2.45) is 0 Å². The number of carbonyl (C=O) groups excluding carboxylic acids is 2. The average Bonchev–Trinajstić information content (AvgIpc) is 2.84. The molecule has 2 amide bonds. The molecule has 0 aliphatic carbocycles. The molecule has 0 bridgehead atoms. The zero-order valence-electron chi connectivity index (χ0n) is 15.0. The molecular weight excluding hydrogens is 360 g/mol. The highest BCUT2D eigenvalue weighted by molar-refractivity contribution is 8.00. The highest BCUT2D eigenvalue weighted by Crippen LogP contribution is 2.22. The zero-order valence-corrected chi connectivity index (χ0v) is 16.5. The van der Waals surface area contributed by atoms with Gasteiger partial charge in [-0.1, -0.05) is 25.4 Å². The Hall–Kier alpha value is -1.40. The maximum absolute atomic E-state index is 12.8. The van der Waals surface area contributed by atoms with Crippen LogP contribution in [-0.2, 0) is 4.79 Å². The van der Waals surface area contributed by atoms with Crippen LogP contribution < -0.4 is 4.74 Å². The Labute approximate surface area is 158 Å². The Morgan fingerprint density at radius 3 is 2.52 bits per heavy atom. The summed E-state index contributed by atoms with van der Waals surface area (Å²) in [4.78, 5) is 28.7. The first-order chi connectivity index (χ1) is 11.9. The molecule has 1 heterocycles. The number of hydrogen-bond donors (Lipinski definition) is 0. The molecule has 1 fully saturated rings. The second-order valence-electron chi connectivity index (χ2n) is 6.27. The molecule has 0 N–H and O–H groups in total. The third-order valence-electron chi connectivity index (χ3n) is 4.03. The van der Waals surface area contributed by atoms with Crippen molar-refractivity contribution in [1.82, 2.24) is 9.80 Å². The van der Waals surface area contributed by atoms with Crippen LogP contribution in [-0.4, -0.2) is 65.9 Å². The van der Waals surface area contributed by atoms with Gasteiger partial charge in [0.2, 0.25) is 5.91 Å². The number of ether oxygens (including phenoxy) is 1. The van der Waals surface area contributed by atoms with E-state index in [9.17, 15) is 9.59 Å². The molecule has 5 nitrogen and oxygen atoms in total. The van der Waals surface area contributed by atoms with Gasteiger partial charge in [0.25, 0.3) is 5.91 Å². The predicted octanol–water partition coefficient (Wildman–Crippen LogP) is 3.16. The monoisotopic (exact) mass is 384 g/mol. The number of hydrogen-bond acceptors (Lipinski definition) is 4. The van der Waals surface area contributed by atoms with E-state index in [-0.39, 0.29) is 11.8 Å². The highest BCUT2D eigenvalue weighted by Gasteiger charge is 2.23. The number of amides is 2. The molecule has 25 heavy (non-hydrogen) atoms. The Bertz CT molecular complexity index is 624. The van der Waals surface area contributed by atoms with Gasteiger partial charge in [-0.3, -0.25) is 9.59 Å². The van der Waals surface area contributed by atoms with Crippen LogP contribution in [0.25, 0.3) is 0 Å². The number of nitrogens with zero attached hydrogens (tertiary/aromatic N) is 2. The molecule has 2 rings (SSSR count). The molecular formula is C18H25ClN2O3S. The second-order valence-corrected chi connectivity index (χ2v) is 8.27. The Balaban J connectivity index is 1.99. The smallest absolute Gasteiger partial charge is 0.254 e. The first-order valence-corrected chi connectivity index (χ1v) is 9.86. The van der Waals surface area contributed by atoms with E-state index in [0.29, 0.717) is 53.5 Å². The van der Waals surface area contributed by atoms with Gasteiger partial charge < -0.3 is 14.5 Å². The zero-order chi connectivity index (χ0) is 18.4. The van der Waals surface area contributed by atoms with Crippen LogP contribution in [0.2, 0.25) is 5.02 Å². The fraction of sp³-hybridized carbons (Fsp3) is 0.556. The van der Waals surface area contributed by atoms with Gasteiger partial charge >= 0.3 is 0 Å². The topological polar surface area (TPSA) is 49.9 Å². The Kier molecular flexibility index (Phi) is 7.44. The first-order valence-electron chi connectivity index (χ1n) is 8.44. The molecule has 0 unspecified atom stereocenters. The van der Waals surface area contributed by atoms with E-state index in [2.05, 4.69) is 13.8 Å². The maximum Gasteiger partial charge on any atom is 0.254 e. The molecule has 0 radical (unpaired) electrons. The van der Waals surface area contributed by atoms with Gasteiger partial charge in [-0.05, 0) is 29.9 Å². The van der Waals surface area contributed by atoms with Crippen LogP contribution >= 0.6 is 23.4 Å². The van der Waals surface area contributed by atoms with Crippen LogP contribution in [0.4, 0.5) is 0 Å². The van der Waals surface area contributed by atoms with Crippen molar-refractivity contribution < 1.29 is 14.3 Å². The van der Waals surface area contributed by atoms with Crippen molar-refractivity contribution in [2.45, 2.75) is 25.5 Å². The fourth-order valence-corrected chi connectivity index (χ4v) is 3.57. The van der Waals surface area contributed by atoms with Crippen LogP contribution in [0.3, 0.4) is 0 Å². The molecule has 1 aliphatic rings. The molecule has 138 valence electrons. The van der Waals surface area contributed by atoms with E-state index < -0.39 is 0 Å². The maximum atomic E-state index is 12.8. The number of benzene rings is 1. The standard InChI is InChI=1S/C18H25ClN2O3S/c1-13(2)25-12-17(22)20-5-4-6-21(8-7-20)18(23)14-9-15(19)11-16(10-14)24-3/h9-11,13H,4-8,12H2,1-3H3. The third kappa shape index (κ3) is 5.82. The lowest BCUT2D eigenvalue weighted by molar-refractivity contribution is -0.128. The average molecular weight is 385 g/mol. The summed E-state index contributed by atoms with van der Waals surface area (Å²) in [6, 6.07) is 5.02. The van der Waals surface area contributed by atoms with Crippen LogP contribution in [0, 0.1) is 0 Å². The van der Waals surface area contributed by atoms with E-state index in [1.165, 1.54) is 0 Å². The largest absolute Gasteiger partial charge is 0.497 e. The summed E-state index contributed by atoms with van der Waals surface area (Å²) in [6.45, 7) is 6.60. The van der Waals surface area contributed by atoms with Gasteiger partial charge in [-0.2, -0.15) is 0 Å². The van der Waals surface area contributed by atoms with E-state index >= 15 is 0 Å². The lowest BCUT2D eigenvalue weighted by atomic mass is 10.2. The summed E-state index contributed by atoms with van der Waals surface area (Å²) in [6.07, 6.45) is 0.779. The van der Waals surface area contributed by atoms with Gasteiger partial charge in [-0.15, -0.1) is 11.8 Å². The van der Waals surface area contributed by atoms with Crippen molar-refractivity contribution in [1.29, 1.82) is 0 Å². The number of thioether (sulfide) groups is 1. The van der Waals surface area contributed by atoms with Crippen molar-refractivity contribution in [3.8, 4) is 5.75 Å². The summed E-state index contributed by atoms with van der Waals surface area (Å²) in [5, 5.41) is 0.909. The molecule has 1 saturated heterocycles. The van der Waals surface area contributed by atoms with Gasteiger partial charge in [0.15, 0.2) is 0 Å². The van der Waals surface area contributed by atoms with Gasteiger partial charge in [0.1, 0.15) is 5.75 Å². The first kappa shape index (κ1) is 19.9. The van der Waals surface area contributed by atoms with E-state index in [1.807, 2.05) is 4.90 Å². The second kappa shape index (κ2) is 9.34. The summed E-state index contributed by atoms with van der Waals surface area (Å²) >= 11 is 7.71. The lowest BCUT2D eigenvalue weighted by Gasteiger charge is -2.22. The molecule has 0 aromatic heterocycles. The van der Waals surface area contributed by atoms with E-state index in [0.717, 1.165) is 6.42 Å². The number of halogens is 1. The Morgan fingerprint density at radius 2 is 1.84 bits per heavy atom. The van der Waals surface area contributed by atoms with Crippen molar-refractivity contribution in [3.63, 3.8) is 0 Å². The molecule has 1 aromatic carbocycles. The van der Waals surface area contributed by atoms with Crippen LogP contribution in [0.1, 0.15) is 30.6 Å². The fourth-order valence-electron chi connectivity index (χ4n) is 2.69. The van der Waals surface area contributed by atoms with E-state index in [4.69, 9.17) is 16.3 Å². The van der Waals surface area contributed by atoms with Gasteiger partial charge in [0.05, 0.1) is 12.9 Å². The summed E-state index contributed by atoms with van der Waals surface area (Å²) in [5.74, 6) is 1.13. The normalized spacial score (nSPS) is 15.2. The number of methoxy groups -OCH3 is 1. The van der Waals surface area contributed by atoms with Crippen molar-refractivity contribution in [2.75, 3.05) is 39.0 Å².